The third-order valence-corrected chi connectivity index (χ3v) is 6.69. The highest BCUT2D eigenvalue weighted by molar-refractivity contribution is 7.89. The number of carbonyl (C=O) groups is 1. The number of nitrogens with one attached hydrogen (secondary N) is 2. The van der Waals surface area contributed by atoms with Gasteiger partial charge in [-0.25, -0.2) is 18.1 Å². The molecule has 2 aliphatic rings. The number of hydrogen-bond donors (Lipinski definition) is 3. The van der Waals surface area contributed by atoms with Crippen LogP contribution in [-0.4, -0.2) is 31.4 Å². The molecule has 1 aromatic rings. The van der Waals surface area contributed by atoms with Crippen molar-refractivity contribution < 1.29 is 13.2 Å². The molecule has 0 aromatic carbocycles. The van der Waals surface area contributed by atoms with Crippen LogP contribution in [0.1, 0.15) is 51.4 Å². The smallest absolute Gasteiger partial charge is 0.242 e. The van der Waals surface area contributed by atoms with Crippen molar-refractivity contribution in [3.63, 3.8) is 0 Å². The van der Waals surface area contributed by atoms with Gasteiger partial charge in [-0.15, -0.1) is 0 Å². The van der Waals surface area contributed by atoms with Gasteiger partial charge in [-0.2, -0.15) is 0 Å². The Morgan fingerprint density at radius 2 is 1.84 bits per heavy atom. The predicted molar refractivity (Wildman–Crippen MR) is 95.4 cm³/mol. The Kier molecular flexibility index (Phi) is 5.71. The van der Waals surface area contributed by atoms with Gasteiger partial charge in [-0.1, -0.05) is 25.7 Å². The topological polar surface area (TPSA) is 114 Å². The fourth-order valence-electron chi connectivity index (χ4n) is 3.34. The third kappa shape index (κ3) is 4.56. The van der Waals surface area contributed by atoms with E-state index >= 15 is 0 Å². The molecule has 3 rings (SSSR count). The molecule has 2 aliphatic carbocycles. The Morgan fingerprint density at radius 3 is 2.40 bits per heavy atom. The maximum atomic E-state index is 12.3. The molecule has 0 unspecified atom stereocenters. The molecular weight excluding hydrogens is 340 g/mol. The highest BCUT2D eigenvalue weighted by Crippen LogP contribution is 2.26. The first-order valence-electron chi connectivity index (χ1n) is 9.00. The molecule has 0 bridgehead atoms. The zero-order valence-corrected chi connectivity index (χ0v) is 15.1. The largest absolute Gasteiger partial charge is 0.320 e. The second-order valence-electron chi connectivity index (χ2n) is 7.04. The average Bonchev–Trinajstić information content (AvgIpc) is 2.59. The normalized spacial score (nSPS) is 20.7. The summed E-state index contributed by atoms with van der Waals surface area (Å²) in [4.78, 5) is 16.4. The van der Waals surface area contributed by atoms with E-state index < -0.39 is 16.1 Å². The van der Waals surface area contributed by atoms with Crippen LogP contribution in [0.3, 0.4) is 0 Å². The van der Waals surface area contributed by atoms with Gasteiger partial charge in [0.2, 0.25) is 15.9 Å². The number of nitrogens with two attached hydrogens (primary N) is 1. The van der Waals surface area contributed by atoms with E-state index in [1.807, 2.05) is 0 Å². The van der Waals surface area contributed by atoms with Gasteiger partial charge >= 0.3 is 0 Å². The maximum Gasteiger partial charge on any atom is 0.242 e. The van der Waals surface area contributed by atoms with Gasteiger partial charge in [-0.05, 0) is 43.7 Å². The predicted octanol–water partition coefficient (Wildman–Crippen LogP) is 1.76. The minimum absolute atomic E-state index is 0.0258. The molecule has 2 saturated carbocycles. The molecule has 4 N–H and O–H groups in total. The van der Waals surface area contributed by atoms with Gasteiger partial charge in [-0.3, -0.25) is 4.79 Å². The number of hydrogen-bond acceptors (Lipinski definition) is 5. The first kappa shape index (κ1) is 18.3. The van der Waals surface area contributed by atoms with E-state index in [1.54, 1.807) is 0 Å². The summed E-state index contributed by atoms with van der Waals surface area (Å²) in [7, 11) is -3.55. The van der Waals surface area contributed by atoms with Crippen molar-refractivity contribution in [1.29, 1.82) is 0 Å². The third-order valence-electron chi connectivity index (χ3n) is 5.19. The Hall–Kier alpha value is -1.51. The lowest BCUT2D eigenvalue weighted by atomic mass is 9.84. The minimum Gasteiger partial charge on any atom is -0.320 e. The van der Waals surface area contributed by atoms with Crippen LogP contribution in [0, 0.1) is 5.92 Å². The Bertz CT molecular complexity index is 695. The summed E-state index contributed by atoms with van der Waals surface area (Å²) in [6, 6.07) is 2.43. The van der Waals surface area contributed by atoms with E-state index in [0.29, 0.717) is 5.82 Å². The highest BCUT2D eigenvalue weighted by Gasteiger charge is 2.27. The van der Waals surface area contributed by atoms with Gasteiger partial charge < -0.3 is 11.1 Å². The first-order valence-corrected chi connectivity index (χ1v) is 10.5. The second kappa shape index (κ2) is 7.80. The molecule has 0 aliphatic heterocycles. The number of carbonyl (C=O) groups excluding carboxylic acids is 1. The summed E-state index contributed by atoms with van der Waals surface area (Å²) in [5.41, 5.74) is 6.07. The molecule has 1 heterocycles. The highest BCUT2D eigenvalue weighted by atomic mass is 32.2. The molecule has 1 atom stereocenters. The van der Waals surface area contributed by atoms with Gasteiger partial charge in [0.1, 0.15) is 10.7 Å². The van der Waals surface area contributed by atoms with Crippen LogP contribution in [0.4, 0.5) is 5.82 Å². The number of pyridine rings is 1. The molecule has 2 fully saturated rings. The summed E-state index contributed by atoms with van der Waals surface area (Å²) in [6.07, 6.45) is 9.46. The summed E-state index contributed by atoms with van der Waals surface area (Å²) >= 11 is 0. The lowest BCUT2D eigenvalue weighted by Crippen LogP contribution is -2.42. The van der Waals surface area contributed by atoms with Crippen molar-refractivity contribution in [2.24, 2.45) is 11.7 Å². The van der Waals surface area contributed by atoms with Crippen molar-refractivity contribution in [3.05, 3.63) is 18.3 Å². The number of anilines is 1. The van der Waals surface area contributed by atoms with E-state index in [-0.39, 0.29) is 22.8 Å². The molecule has 8 heteroatoms. The van der Waals surface area contributed by atoms with Crippen LogP contribution in [0.2, 0.25) is 0 Å². The van der Waals surface area contributed by atoms with Gasteiger partial charge in [0.05, 0.1) is 6.04 Å². The zero-order chi connectivity index (χ0) is 17.9. The number of aromatic nitrogens is 1. The summed E-state index contributed by atoms with van der Waals surface area (Å²) < 4.78 is 27.1. The molecule has 0 spiro atoms. The number of nitrogens with zero attached hydrogens (tertiary/aromatic N) is 1. The molecule has 0 radical (unpaired) electrons. The van der Waals surface area contributed by atoms with Gasteiger partial charge in [0, 0.05) is 12.2 Å². The summed E-state index contributed by atoms with van der Waals surface area (Å²) in [5, 5.41) is 2.69. The Balaban J connectivity index is 1.59. The van der Waals surface area contributed by atoms with Crippen molar-refractivity contribution in [1.82, 2.24) is 9.71 Å². The van der Waals surface area contributed by atoms with E-state index in [0.717, 1.165) is 44.9 Å². The fourth-order valence-corrected chi connectivity index (χ4v) is 4.59. The van der Waals surface area contributed by atoms with Gasteiger partial charge in [0.25, 0.3) is 0 Å². The van der Waals surface area contributed by atoms with E-state index in [4.69, 9.17) is 5.73 Å². The zero-order valence-electron chi connectivity index (χ0n) is 14.3. The van der Waals surface area contributed by atoms with Crippen LogP contribution >= 0.6 is 0 Å². The van der Waals surface area contributed by atoms with Crippen LogP contribution in [0.15, 0.2) is 23.2 Å². The van der Waals surface area contributed by atoms with Crippen LogP contribution < -0.4 is 15.8 Å². The van der Waals surface area contributed by atoms with Crippen molar-refractivity contribution in [3.8, 4) is 0 Å². The van der Waals surface area contributed by atoms with Crippen LogP contribution in [0.5, 0.6) is 0 Å². The quantitative estimate of drug-likeness (QED) is 0.710. The maximum absolute atomic E-state index is 12.3. The molecule has 0 saturated heterocycles. The van der Waals surface area contributed by atoms with Crippen LogP contribution in [-0.2, 0) is 14.8 Å². The second-order valence-corrected chi connectivity index (χ2v) is 8.76. The van der Waals surface area contributed by atoms with E-state index in [1.165, 1.54) is 24.8 Å². The SMILES string of the molecule is N[C@H](C(=O)Nc1ccc(S(=O)(=O)NC2CCC2)cn1)C1CCCCC1. The molecule has 1 amide bonds. The number of amides is 1. The lowest BCUT2D eigenvalue weighted by molar-refractivity contribution is -0.118. The lowest BCUT2D eigenvalue weighted by Gasteiger charge is -2.26. The van der Waals surface area contributed by atoms with Crippen molar-refractivity contribution in [2.75, 3.05) is 5.32 Å². The standard InChI is InChI=1S/C17H26N4O3S/c18-16(12-5-2-1-3-6-12)17(22)20-15-10-9-14(11-19-15)25(23,24)21-13-7-4-8-13/h9-13,16,21H,1-8,18H2,(H,19,20,22)/t16-/m0/s1. The van der Waals surface area contributed by atoms with Crippen molar-refractivity contribution >= 4 is 21.7 Å². The first-order chi connectivity index (χ1) is 12.0. The molecule has 7 nitrogen and oxygen atoms in total. The minimum atomic E-state index is -3.55. The Labute approximate surface area is 148 Å². The average molecular weight is 366 g/mol. The van der Waals surface area contributed by atoms with E-state index in [2.05, 4.69) is 15.0 Å². The summed E-state index contributed by atoms with van der Waals surface area (Å²) in [5.74, 6) is 0.265. The monoisotopic (exact) mass is 366 g/mol. The molecular formula is C17H26N4O3S. The van der Waals surface area contributed by atoms with Crippen molar-refractivity contribution in [2.45, 2.75) is 68.3 Å². The van der Waals surface area contributed by atoms with Crippen LogP contribution in [0.25, 0.3) is 0 Å². The fraction of sp³-hybridized carbons (Fsp3) is 0.647. The van der Waals surface area contributed by atoms with Gasteiger partial charge in [0.15, 0.2) is 0 Å². The Morgan fingerprint density at radius 1 is 1.12 bits per heavy atom. The molecule has 138 valence electrons. The number of sulfonamides is 1. The molecule has 1 aromatic heterocycles. The van der Waals surface area contributed by atoms with E-state index in [9.17, 15) is 13.2 Å². The number of rotatable bonds is 6. The molecule has 25 heavy (non-hydrogen) atoms. The summed E-state index contributed by atoms with van der Waals surface area (Å²) in [6.45, 7) is 0.